The van der Waals surface area contributed by atoms with Gasteiger partial charge in [0, 0.05) is 19.6 Å². The third-order valence-corrected chi connectivity index (χ3v) is 4.02. The Bertz CT molecular complexity index is 652. The van der Waals surface area contributed by atoms with Gasteiger partial charge in [-0.1, -0.05) is 37.3 Å². The number of amides is 1. The molecule has 6 nitrogen and oxygen atoms in total. The van der Waals surface area contributed by atoms with E-state index in [0.717, 1.165) is 18.9 Å². The van der Waals surface area contributed by atoms with Crippen LogP contribution in [0.2, 0.25) is 0 Å². The van der Waals surface area contributed by atoms with Gasteiger partial charge in [-0.15, -0.1) is 10.2 Å². The molecule has 2 aromatic rings. The molecule has 0 fully saturated rings. The molecule has 0 saturated heterocycles. The molecule has 1 N–H and O–H groups in total. The normalized spacial score (nSPS) is 15.5. The zero-order chi connectivity index (χ0) is 15.5. The lowest BCUT2D eigenvalue weighted by molar-refractivity contribution is 0.0920. The smallest absolute Gasteiger partial charge is 0.289 e. The van der Waals surface area contributed by atoms with Crippen molar-refractivity contribution in [3.63, 3.8) is 0 Å². The van der Waals surface area contributed by atoms with Gasteiger partial charge in [0.2, 0.25) is 5.82 Å². The second-order valence-electron chi connectivity index (χ2n) is 5.86. The Hall–Kier alpha value is -2.21. The molecule has 0 bridgehead atoms. The van der Waals surface area contributed by atoms with Crippen LogP contribution in [0.1, 0.15) is 34.8 Å². The van der Waals surface area contributed by atoms with Crippen molar-refractivity contribution in [1.82, 2.24) is 25.0 Å². The third-order valence-electron chi connectivity index (χ3n) is 4.02. The first-order valence-electron chi connectivity index (χ1n) is 7.59. The van der Waals surface area contributed by atoms with Crippen molar-refractivity contribution in [3.8, 4) is 0 Å². The highest BCUT2D eigenvalue weighted by molar-refractivity contribution is 5.91. The van der Waals surface area contributed by atoms with E-state index >= 15 is 0 Å². The highest BCUT2D eigenvalue weighted by atomic mass is 16.2. The van der Waals surface area contributed by atoms with E-state index in [1.807, 2.05) is 10.6 Å². The number of fused-ring (bicyclic) bond motifs is 1. The molecule has 0 saturated carbocycles. The minimum absolute atomic E-state index is 0.134. The molecule has 3 rings (SSSR count). The SMILES string of the molecule is CC(CN(C)Cc1nnc2n1CCNC2=O)c1ccccc1. The van der Waals surface area contributed by atoms with Gasteiger partial charge in [0.1, 0.15) is 5.82 Å². The van der Waals surface area contributed by atoms with Crippen LogP contribution in [0.5, 0.6) is 0 Å². The van der Waals surface area contributed by atoms with Gasteiger partial charge in [-0.3, -0.25) is 9.69 Å². The molecule has 1 aliphatic rings. The Morgan fingerprint density at radius 2 is 2.09 bits per heavy atom. The molecule has 22 heavy (non-hydrogen) atoms. The average molecular weight is 299 g/mol. The van der Waals surface area contributed by atoms with Gasteiger partial charge in [-0.25, -0.2) is 0 Å². The molecule has 1 aromatic carbocycles. The van der Waals surface area contributed by atoms with Crippen molar-refractivity contribution in [3.05, 3.63) is 47.5 Å². The lowest BCUT2D eigenvalue weighted by Gasteiger charge is -2.22. The lowest BCUT2D eigenvalue weighted by atomic mass is 10.0. The first-order valence-corrected chi connectivity index (χ1v) is 7.59. The predicted molar refractivity (Wildman–Crippen MR) is 83.5 cm³/mol. The fourth-order valence-corrected chi connectivity index (χ4v) is 2.88. The summed E-state index contributed by atoms with van der Waals surface area (Å²) >= 11 is 0. The van der Waals surface area contributed by atoms with Crippen LogP contribution in [0, 0.1) is 0 Å². The van der Waals surface area contributed by atoms with Gasteiger partial charge in [0.05, 0.1) is 6.54 Å². The standard InChI is InChI=1S/C16H21N5O/c1-12(13-6-4-3-5-7-13)10-20(2)11-14-18-19-15-16(22)17-8-9-21(14)15/h3-7,12H,8-11H2,1-2H3,(H,17,22). The van der Waals surface area contributed by atoms with E-state index in [1.54, 1.807) is 0 Å². The van der Waals surface area contributed by atoms with E-state index < -0.39 is 0 Å². The first kappa shape index (κ1) is 14.7. The number of hydrogen-bond donors (Lipinski definition) is 1. The van der Waals surface area contributed by atoms with Gasteiger partial charge >= 0.3 is 0 Å². The molecule has 6 heteroatoms. The summed E-state index contributed by atoms with van der Waals surface area (Å²) in [5.74, 6) is 1.59. The molecular weight excluding hydrogens is 278 g/mol. The van der Waals surface area contributed by atoms with Crippen molar-refractivity contribution in [2.24, 2.45) is 0 Å². The number of carbonyl (C=O) groups is 1. The number of nitrogens with one attached hydrogen (secondary N) is 1. The molecular formula is C16H21N5O. The highest BCUT2D eigenvalue weighted by Gasteiger charge is 2.23. The minimum Gasteiger partial charge on any atom is -0.348 e. The van der Waals surface area contributed by atoms with Crippen LogP contribution in [0.4, 0.5) is 0 Å². The number of hydrogen-bond acceptors (Lipinski definition) is 4. The summed E-state index contributed by atoms with van der Waals surface area (Å²) in [5.41, 5.74) is 1.33. The maximum Gasteiger partial charge on any atom is 0.289 e. The second kappa shape index (κ2) is 6.27. The summed E-state index contributed by atoms with van der Waals surface area (Å²) in [6.07, 6.45) is 0. The van der Waals surface area contributed by atoms with E-state index in [4.69, 9.17) is 0 Å². The fraction of sp³-hybridized carbons (Fsp3) is 0.438. The molecule has 1 amide bonds. The van der Waals surface area contributed by atoms with Crippen LogP contribution in [0.15, 0.2) is 30.3 Å². The van der Waals surface area contributed by atoms with Crippen LogP contribution in [-0.4, -0.2) is 45.7 Å². The molecule has 0 aliphatic carbocycles. The maximum atomic E-state index is 11.7. The Morgan fingerprint density at radius 3 is 2.86 bits per heavy atom. The molecule has 1 atom stereocenters. The first-order chi connectivity index (χ1) is 10.6. The van der Waals surface area contributed by atoms with Crippen LogP contribution < -0.4 is 5.32 Å². The van der Waals surface area contributed by atoms with Crippen molar-refractivity contribution in [1.29, 1.82) is 0 Å². The van der Waals surface area contributed by atoms with E-state index in [-0.39, 0.29) is 5.91 Å². The van der Waals surface area contributed by atoms with Crippen molar-refractivity contribution in [2.75, 3.05) is 20.1 Å². The topological polar surface area (TPSA) is 63.1 Å². The maximum absolute atomic E-state index is 11.7. The minimum atomic E-state index is -0.134. The number of aromatic nitrogens is 3. The van der Waals surface area contributed by atoms with E-state index in [0.29, 0.717) is 24.8 Å². The van der Waals surface area contributed by atoms with Crippen LogP contribution in [0.25, 0.3) is 0 Å². The van der Waals surface area contributed by atoms with Crippen molar-refractivity contribution in [2.45, 2.75) is 25.9 Å². The summed E-state index contributed by atoms with van der Waals surface area (Å²) in [5, 5.41) is 11.0. The highest BCUT2D eigenvalue weighted by Crippen LogP contribution is 2.16. The average Bonchev–Trinajstić information content (AvgIpc) is 2.92. The number of benzene rings is 1. The molecule has 1 unspecified atom stereocenters. The number of carbonyl (C=O) groups excluding carboxylic acids is 1. The zero-order valence-electron chi connectivity index (χ0n) is 13.0. The van der Waals surface area contributed by atoms with E-state index in [1.165, 1.54) is 5.56 Å². The van der Waals surface area contributed by atoms with Gasteiger partial charge in [0.25, 0.3) is 5.91 Å². The molecule has 0 spiro atoms. The fourth-order valence-electron chi connectivity index (χ4n) is 2.88. The molecule has 0 radical (unpaired) electrons. The summed E-state index contributed by atoms with van der Waals surface area (Å²) in [4.78, 5) is 13.9. The van der Waals surface area contributed by atoms with Crippen LogP contribution >= 0.6 is 0 Å². The van der Waals surface area contributed by atoms with Gasteiger partial charge in [-0.2, -0.15) is 0 Å². The lowest BCUT2D eigenvalue weighted by Crippen LogP contribution is -2.36. The zero-order valence-corrected chi connectivity index (χ0v) is 13.0. The number of nitrogens with zero attached hydrogens (tertiary/aromatic N) is 4. The van der Waals surface area contributed by atoms with E-state index in [2.05, 4.69) is 58.7 Å². The molecule has 2 heterocycles. The Balaban J connectivity index is 1.65. The quantitative estimate of drug-likeness (QED) is 0.903. The molecule has 1 aliphatic heterocycles. The van der Waals surface area contributed by atoms with Crippen LogP contribution in [-0.2, 0) is 13.1 Å². The summed E-state index contributed by atoms with van der Waals surface area (Å²) in [6, 6.07) is 10.5. The largest absolute Gasteiger partial charge is 0.348 e. The second-order valence-corrected chi connectivity index (χ2v) is 5.86. The van der Waals surface area contributed by atoms with Crippen molar-refractivity contribution >= 4 is 5.91 Å². The van der Waals surface area contributed by atoms with Gasteiger partial charge < -0.3 is 9.88 Å². The third kappa shape index (κ3) is 3.01. The number of rotatable bonds is 5. The Morgan fingerprint density at radius 1 is 1.32 bits per heavy atom. The van der Waals surface area contributed by atoms with Crippen LogP contribution in [0.3, 0.4) is 0 Å². The summed E-state index contributed by atoms with van der Waals surface area (Å²) in [7, 11) is 2.07. The summed E-state index contributed by atoms with van der Waals surface area (Å²) < 4.78 is 1.92. The summed E-state index contributed by atoms with van der Waals surface area (Å²) in [6.45, 7) is 5.22. The predicted octanol–water partition coefficient (Wildman–Crippen LogP) is 1.26. The monoisotopic (exact) mass is 299 g/mol. The van der Waals surface area contributed by atoms with Gasteiger partial charge in [0.15, 0.2) is 0 Å². The Kier molecular flexibility index (Phi) is 4.20. The number of likely N-dealkylation sites (N-methyl/N-ethyl adjacent to an activating group) is 1. The molecule has 116 valence electrons. The molecule has 1 aromatic heterocycles. The van der Waals surface area contributed by atoms with E-state index in [9.17, 15) is 4.79 Å². The van der Waals surface area contributed by atoms with Crippen molar-refractivity contribution < 1.29 is 4.79 Å². The Labute approximate surface area is 130 Å². The van der Waals surface area contributed by atoms with Gasteiger partial charge in [-0.05, 0) is 18.5 Å².